The molecule has 0 unspecified atom stereocenters. The molecule has 1 aliphatic rings. The monoisotopic (exact) mass is 307 g/mol. The van der Waals surface area contributed by atoms with Gasteiger partial charge in [-0.1, -0.05) is 22.8 Å². The second-order valence-electron chi connectivity index (χ2n) is 4.80. The summed E-state index contributed by atoms with van der Waals surface area (Å²) >= 11 is 5.92. The van der Waals surface area contributed by atoms with Crippen molar-refractivity contribution in [2.45, 2.75) is 13.0 Å². The minimum absolute atomic E-state index is 0.0402. The molecule has 1 N–H and O–H groups in total. The van der Waals surface area contributed by atoms with Crippen LogP contribution in [0.3, 0.4) is 0 Å². The Morgan fingerprint density at radius 3 is 3.14 bits per heavy atom. The summed E-state index contributed by atoms with van der Waals surface area (Å²) in [5, 5.41) is 7.23. The smallest absolute Gasteiger partial charge is 0.258 e. The third-order valence-corrected chi connectivity index (χ3v) is 3.50. The maximum atomic E-state index is 11.8. The van der Waals surface area contributed by atoms with Gasteiger partial charge in [-0.15, -0.1) is 0 Å². The highest BCUT2D eigenvalue weighted by Crippen LogP contribution is 2.21. The Bertz CT molecular complexity index is 638. The van der Waals surface area contributed by atoms with Gasteiger partial charge in [-0.2, -0.15) is 4.98 Å². The number of hydrogen-bond acceptors (Lipinski definition) is 5. The number of hydrogen-bond donors (Lipinski definition) is 1. The highest BCUT2D eigenvalue weighted by molar-refractivity contribution is 6.30. The lowest BCUT2D eigenvalue weighted by molar-refractivity contribution is -0.125. The zero-order valence-electron chi connectivity index (χ0n) is 11.2. The van der Waals surface area contributed by atoms with Crippen LogP contribution in [-0.2, 0) is 16.1 Å². The Balaban J connectivity index is 1.61. The maximum absolute atomic E-state index is 11.8. The van der Waals surface area contributed by atoms with Crippen molar-refractivity contribution < 1.29 is 14.1 Å². The fraction of sp³-hybridized carbons (Fsp3) is 0.357. The molecule has 1 aromatic heterocycles. The van der Waals surface area contributed by atoms with E-state index in [1.807, 2.05) is 12.1 Å². The quantitative estimate of drug-likeness (QED) is 0.935. The first-order valence-corrected chi connectivity index (χ1v) is 7.04. The van der Waals surface area contributed by atoms with E-state index in [0.717, 1.165) is 12.0 Å². The van der Waals surface area contributed by atoms with Crippen LogP contribution < -0.4 is 5.32 Å². The second kappa shape index (κ2) is 6.24. The molecule has 2 aromatic rings. The van der Waals surface area contributed by atoms with Crippen LogP contribution >= 0.6 is 11.6 Å². The number of aromatic nitrogens is 2. The summed E-state index contributed by atoms with van der Waals surface area (Å²) in [6.45, 7) is 1.35. The lowest BCUT2D eigenvalue weighted by atomic mass is 10.1. The van der Waals surface area contributed by atoms with E-state index >= 15 is 0 Å². The van der Waals surface area contributed by atoms with Crippen molar-refractivity contribution >= 4 is 17.5 Å². The first-order valence-electron chi connectivity index (χ1n) is 6.66. The van der Waals surface area contributed by atoms with Gasteiger partial charge in [0.25, 0.3) is 5.89 Å². The summed E-state index contributed by atoms with van der Waals surface area (Å²) in [7, 11) is 0. The summed E-state index contributed by atoms with van der Waals surface area (Å²) in [6.07, 6.45) is 0.756. The third-order valence-electron chi connectivity index (χ3n) is 3.26. The molecule has 1 aliphatic heterocycles. The number of halogens is 1. The average molecular weight is 308 g/mol. The standard InChI is InChI=1S/C14H14ClN3O3/c15-11-3-1-2-9(6-11)14-17-12(18-21-14)7-16-13(19)10-4-5-20-8-10/h1-3,6,10H,4-5,7-8H2,(H,16,19)/t10-/m1/s1. The van der Waals surface area contributed by atoms with Gasteiger partial charge in [-0.05, 0) is 24.6 Å². The molecule has 0 bridgehead atoms. The molecule has 1 saturated heterocycles. The number of benzene rings is 1. The van der Waals surface area contributed by atoms with Crippen molar-refractivity contribution in [2.24, 2.45) is 5.92 Å². The van der Waals surface area contributed by atoms with Crippen LogP contribution in [0, 0.1) is 5.92 Å². The second-order valence-corrected chi connectivity index (χ2v) is 5.24. The highest BCUT2D eigenvalue weighted by Gasteiger charge is 2.23. The number of ether oxygens (including phenoxy) is 1. The Labute approximate surface area is 126 Å². The van der Waals surface area contributed by atoms with Gasteiger partial charge in [0.15, 0.2) is 5.82 Å². The number of carbonyl (C=O) groups is 1. The van der Waals surface area contributed by atoms with Crippen molar-refractivity contribution in [1.29, 1.82) is 0 Å². The summed E-state index contributed by atoms with van der Waals surface area (Å²) in [4.78, 5) is 16.1. The van der Waals surface area contributed by atoms with E-state index < -0.39 is 0 Å². The van der Waals surface area contributed by atoms with Gasteiger partial charge in [0.2, 0.25) is 5.91 Å². The minimum atomic E-state index is -0.0794. The fourth-order valence-electron chi connectivity index (χ4n) is 2.12. The van der Waals surface area contributed by atoms with E-state index in [1.54, 1.807) is 12.1 Å². The van der Waals surface area contributed by atoms with Crippen molar-refractivity contribution in [1.82, 2.24) is 15.5 Å². The van der Waals surface area contributed by atoms with Gasteiger partial charge in [-0.3, -0.25) is 4.79 Å². The third kappa shape index (κ3) is 3.40. The van der Waals surface area contributed by atoms with Crippen LogP contribution in [0.4, 0.5) is 0 Å². The summed E-state index contributed by atoms with van der Waals surface area (Å²) in [5.74, 6) is 0.689. The Kier molecular flexibility index (Phi) is 4.17. The van der Waals surface area contributed by atoms with Crippen LogP contribution in [0.25, 0.3) is 11.5 Å². The van der Waals surface area contributed by atoms with Crippen molar-refractivity contribution in [3.63, 3.8) is 0 Å². The van der Waals surface area contributed by atoms with Crippen molar-refractivity contribution in [3.8, 4) is 11.5 Å². The largest absolute Gasteiger partial charge is 0.381 e. The molecule has 7 heteroatoms. The predicted octanol–water partition coefficient (Wildman–Crippen LogP) is 2.04. The van der Waals surface area contributed by atoms with Gasteiger partial charge in [0.05, 0.1) is 19.1 Å². The zero-order valence-corrected chi connectivity index (χ0v) is 12.0. The van der Waals surface area contributed by atoms with Gasteiger partial charge in [0, 0.05) is 17.2 Å². The van der Waals surface area contributed by atoms with Crippen LogP contribution in [0.1, 0.15) is 12.2 Å². The van der Waals surface area contributed by atoms with Crippen LogP contribution in [0.15, 0.2) is 28.8 Å². The normalized spacial score (nSPS) is 17.9. The first-order chi connectivity index (χ1) is 10.2. The molecule has 6 nitrogen and oxygen atoms in total. The van der Waals surface area contributed by atoms with E-state index in [-0.39, 0.29) is 18.4 Å². The molecule has 0 spiro atoms. The fourth-order valence-corrected chi connectivity index (χ4v) is 2.31. The number of rotatable bonds is 4. The maximum Gasteiger partial charge on any atom is 0.258 e. The highest BCUT2D eigenvalue weighted by atomic mass is 35.5. The molecule has 1 atom stereocenters. The molecule has 0 aliphatic carbocycles. The lowest BCUT2D eigenvalue weighted by Gasteiger charge is -2.06. The minimum Gasteiger partial charge on any atom is -0.381 e. The molecule has 2 heterocycles. The summed E-state index contributed by atoms with van der Waals surface area (Å²) < 4.78 is 10.3. The van der Waals surface area contributed by atoms with Gasteiger partial charge in [-0.25, -0.2) is 0 Å². The van der Waals surface area contributed by atoms with Gasteiger partial charge < -0.3 is 14.6 Å². The van der Waals surface area contributed by atoms with E-state index in [2.05, 4.69) is 15.5 Å². The molecule has 1 fully saturated rings. The van der Waals surface area contributed by atoms with E-state index in [4.69, 9.17) is 20.9 Å². The van der Waals surface area contributed by atoms with Gasteiger partial charge in [0.1, 0.15) is 0 Å². The molecular formula is C14H14ClN3O3. The summed E-state index contributed by atoms with van der Waals surface area (Å²) in [6, 6.07) is 7.15. The molecule has 110 valence electrons. The van der Waals surface area contributed by atoms with Gasteiger partial charge >= 0.3 is 0 Å². The summed E-state index contributed by atoms with van der Waals surface area (Å²) in [5.41, 5.74) is 0.747. The Hall–Kier alpha value is -1.92. The first kappa shape index (κ1) is 14.0. The molecule has 0 saturated carbocycles. The molecule has 21 heavy (non-hydrogen) atoms. The molecule has 1 aromatic carbocycles. The van der Waals surface area contributed by atoms with E-state index in [9.17, 15) is 4.79 Å². The van der Waals surface area contributed by atoms with Crippen LogP contribution in [0.2, 0.25) is 5.02 Å². The van der Waals surface area contributed by atoms with Crippen molar-refractivity contribution in [3.05, 3.63) is 35.1 Å². The molecular weight excluding hydrogens is 294 g/mol. The SMILES string of the molecule is O=C(NCc1noc(-c2cccc(Cl)c2)n1)[C@@H]1CCOC1. The lowest BCUT2D eigenvalue weighted by Crippen LogP contribution is -2.30. The average Bonchev–Trinajstić information content (AvgIpc) is 3.16. The molecule has 1 amide bonds. The van der Waals surface area contributed by atoms with Crippen molar-refractivity contribution in [2.75, 3.05) is 13.2 Å². The molecule has 3 rings (SSSR count). The Morgan fingerprint density at radius 2 is 2.38 bits per heavy atom. The number of nitrogens with one attached hydrogen (secondary N) is 1. The van der Waals surface area contributed by atoms with E-state index in [1.165, 1.54) is 0 Å². The number of amides is 1. The number of nitrogens with zero attached hydrogens (tertiary/aromatic N) is 2. The topological polar surface area (TPSA) is 77.3 Å². The molecule has 0 radical (unpaired) electrons. The number of carbonyl (C=O) groups excluding carboxylic acids is 1. The Morgan fingerprint density at radius 1 is 1.48 bits per heavy atom. The predicted molar refractivity (Wildman–Crippen MR) is 75.5 cm³/mol. The van der Waals surface area contributed by atoms with Crippen LogP contribution in [0.5, 0.6) is 0 Å². The van der Waals surface area contributed by atoms with E-state index in [0.29, 0.717) is 30.0 Å². The zero-order chi connectivity index (χ0) is 14.7. The van der Waals surface area contributed by atoms with Crippen LogP contribution in [-0.4, -0.2) is 29.3 Å².